The fourth-order valence-corrected chi connectivity index (χ4v) is 5.72. The summed E-state index contributed by atoms with van der Waals surface area (Å²) in [4.78, 5) is 34.5. The lowest BCUT2D eigenvalue weighted by molar-refractivity contribution is -0.116. The number of anilines is 1. The summed E-state index contributed by atoms with van der Waals surface area (Å²) in [7, 11) is -3.73. The first-order chi connectivity index (χ1) is 17.3. The van der Waals surface area contributed by atoms with E-state index >= 15 is 0 Å². The maximum absolute atomic E-state index is 13.5. The van der Waals surface area contributed by atoms with Gasteiger partial charge in [-0.05, 0) is 30.5 Å². The molecule has 1 unspecified atom stereocenters. The van der Waals surface area contributed by atoms with Gasteiger partial charge < -0.3 is 24.1 Å². The number of thioether (sulfide) groups is 1. The van der Waals surface area contributed by atoms with Crippen LogP contribution in [0.15, 0.2) is 35.4 Å². The first kappa shape index (κ1) is 26.5. The number of benzene rings is 1. The van der Waals surface area contributed by atoms with Crippen LogP contribution in [0.25, 0.3) is 11.2 Å². The molecule has 1 aliphatic rings. The van der Waals surface area contributed by atoms with Crippen LogP contribution in [0, 0.1) is 11.7 Å². The molecule has 36 heavy (non-hydrogen) atoms. The second-order valence-electron chi connectivity index (χ2n) is 8.24. The highest BCUT2D eigenvalue weighted by molar-refractivity contribution is 8.13. The maximum atomic E-state index is 13.5. The third-order valence-corrected chi connectivity index (χ3v) is 8.18. The number of aromatic nitrogens is 4. The Morgan fingerprint density at radius 2 is 2.14 bits per heavy atom. The number of hydrogen-bond acceptors (Lipinski definition) is 10. The summed E-state index contributed by atoms with van der Waals surface area (Å²) in [6.45, 7) is 0.239. The molecule has 11 nitrogen and oxygen atoms in total. The average Bonchev–Trinajstić information content (AvgIpc) is 3.20. The number of imidazole rings is 1. The summed E-state index contributed by atoms with van der Waals surface area (Å²) >= 11 is 1.16. The molecule has 1 aliphatic carbocycles. The molecule has 14 heteroatoms. The van der Waals surface area contributed by atoms with Crippen LogP contribution >= 0.6 is 19.4 Å². The Kier molecular flexibility index (Phi) is 8.91. The topological polar surface area (TPSA) is 151 Å². The van der Waals surface area contributed by atoms with Gasteiger partial charge >= 0.3 is 7.60 Å². The molecule has 0 bridgehead atoms. The minimum absolute atomic E-state index is 0.0328. The highest BCUT2D eigenvalue weighted by atomic mass is 32.2. The van der Waals surface area contributed by atoms with Gasteiger partial charge in [0.15, 0.2) is 16.3 Å². The number of H-pyrrole nitrogens is 1. The average molecular weight is 540 g/mol. The van der Waals surface area contributed by atoms with Gasteiger partial charge in [0, 0.05) is 18.2 Å². The zero-order chi connectivity index (χ0) is 25.5. The summed E-state index contributed by atoms with van der Waals surface area (Å²) < 4.78 is 45.1. The molecular formula is C22H27FN5O6PS. The molecule has 0 spiro atoms. The molecule has 2 heterocycles. The highest BCUT2D eigenvalue weighted by Crippen LogP contribution is 2.49. The first-order valence-corrected chi connectivity index (χ1v) is 14.1. The molecule has 0 radical (unpaired) electrons. The molecule has 3 N–H and O–H groups in total. The van der Waals surface area contributed by atoms with Crippen LogP contribution in [-0.4, -0.2) is 49.9 Å². The molecule has 1 aromatic carbocycles. The number of carbonyl (C=O) groups excluding carboxylic acids is 1. The van der Waals surface area contributed by atoms with Crippen molar-refractivity contribution in [2.45, 2.75) is 32.4 Å². The fraction of sp³-hybridized carbons (Fsp3) is 0.455. The van der Waals surface area contributed by atoms with Crippen LogP contribution in [-0.2, 0) is 36.3 Å². The van der Waals surface area contributed by atoms with Gasteiger partial charge in [-0.1, -0.05) is 30.3 Å². The summed E-state index contributed by atoms with van der Waals surface area (Å²) in [5.74, 6) is -0.0261. The van der Waals surface area contributed by atoms with Crippen LogP contribution < -0.4 is 11.3 Å². The predicted octanol–water partition coefficient (Wildman–Crippen LogP) is 3.30. The molecule has 0 aliphatic heterocycles. The standard InChI is InChI=1S/C22H27FN5O6PS/c23-17-6-1-3-15(11-17)12-34-35(31,33-9-10-36-21(30)16-4-2-5-16)14-32-8-7-28-13-25-18-19(28)26-22(24)27-20(18)29/h1,3,6,11,13,16H,2,4-5,7-10,12,14H2,(H3,24,26,27,29). The highest BCUT2D eigenvalue weighted by Gasteiger charge is 2.28. The van der Waals surface area contributed by atoms with E-state index in [9.17, 15) is 18.5 Å². The van der Waals surface area contributed by atoms with Gasteiger partial charge in [0.25, 0.3) is 5.56 Å². The van der Waals surface area contributed by atoms with E-state index in [4.69, 9.17) is 19.5 Å². The molecule has 194 valence electrons. The number of hydrogen-bond donors (Lipinski definition) is 2. The van der Waals surface area contributed by atoms with Crippen LogP contribution in [0.1, 0.15) is 24.8 Å². The largest absolute Gasteiger partial charge is 0.369 e. The van der Waals surface area contributed by atoms with E-state index in [-0.39, 0.29) is 55.2 Å². The second-order valence-corrected chi connectivity index (χ2v) is 11.3. The van der Waals surface area contributed by atoms with Crippen LogP contribution in [0.4, 0.5) is 10.3 Å². The Bertz CT molecular complexity index is 1310. The minimum Gasteiger partial charge on any atom is -0.369 e. The number of nitrogens with two attached hydrogens (primary N) is 1. The Morgan fingerprint density at radius 1 is 1.31 bits per heavy atom. The van der Waals surface area contributed by atoms with Crippen molar-refractivity contribution in [2.24, 2.45) is 5.92 Å². The van der Waals surface area contributed by atoms with Crippen LogP contribution in [0.3, 0.4) is 0 Å². The Balaban J connectivity index is 1.32. The van der Waals surface area contributed by atoms with E-state index in [2.05, 4.69) is 15.0 Å². The summed E-state index contributed by atoms with van der Waals surface area (Å²) in [5.41, 5.74) is 6.09. The Labute approximate surface area is 210 Å². The molecule has 1 fully saturated rings. The number of nitrogen functional groups attached to an aromatic ring is 1. The van der Waals surface area contributed by atoms with Gasteiger partial charge in [-0.25, -0.2) is 9.37 Å². The van der Waals surface area contributed by atoms with Crippen molar-refractivity contribution >= 4 is 41.6 Å². The lowest BCUT2D eigenvalue weighted by Crippen LogP contribution is -2.20. The fourth-order valence-electron chi connectivity index (χ4n) is 3.47. The smallest absolute Gasteiger partial charge is 0.356 e. The van der Waals surface area contributed by atoms with Crippen molar-refractivity contribution in [1.29, 1.82) is 0 Å². The van der Waals surface area contributed by atoms with E-state index in [1.807, 2.05) is 0 Å². The maximum Gasteiger partial charge on any atom is 0.356 e. The molecule has 1 atom stereocenters. The molecule has 2 aromatic heterocycles. The van der Waals surface area contributed by atoms with Gasteiger partial charge in [0.2, 0.25) is 5.95 Å². The van der Waals surface area contributed by atoms with Gasteiger partial charge in [-0.3, -0.25) is 19.1 Å². The van der Waals surface area contributed by atoms with Crippen molar-refractivity contribution in [3.8, 4) is 0 Å². The Hall–Kier alpha value is -2.57. The van der Waals surface area contributed by atoms with Crippen LogP contribution in [0.2, 0.25) is 0 Å². The van der Waals surface area contributed by atoms with Gasteiger partial charge in [-0.2, -0.15) is 4.98 Å². The predicted molar refractivity (Wildman–Crippen MR) is 133 cm³/mol. The molecular weight excluding hydrogens is 512 g/mol. The third kappa shape index (κ3) is 7.01. The van der Waals surface area contributed by atoms with Crippen molar-refractivity contribution < 1.29 is 27.5 Å². The zero-order valence-electron chi connectivity index (χ0n) is 19.4. The number of carbonyl (C=O) groups is 1. The molecule has 1 saturated carbocycles. The number of aromatic amines is 1. The lowest BCUT2D eigenvalue weighted by atomic mass is 9.87. The summed E-state index contributed by atoms with van der Waals surface area (Å²) in [5, 5.41) is 0.122. The van der Waals surface area contributed by atoms with Gasteiger partial charge in [0.1, 0.15) is 12.2 Å². The van der Waals surface area contributed by atoms with E-state index in [0.717, 1.165) is 31.0 Å². The third-order valence-electron chi connectivity index (χ3n) is 5.59. The number of nitrogens with one attached hydrogen (secondary N) is 1. The van der Waals surface area contributed by atoms with E-state index in [1.54, 1.807) is 10.6 Å². The van der Waals surface area contributed by atoms with Crippen molar-refractivity contribution in [3.63, 3.8) is 0 Å². The Morgan fingerprint density at radius 3 is 2.89 bits per heavy atom. The number of rotatable bonds is 13. The summed E-state index contributed by atoms with van der Waals surface area (Å²) in [6, 6.07) is 5.75. The monoisotopic (exact) mass is 539 g/mol. The van der Waals surface area contributed by atoms with Crippen molar-refractivity contribution in [2.75, 3.05) is 31.0 Å². The van der Waals surface area contributed by atoms with E-state index in [1.165, 1.54) is 24.5 Å². The van der Waals surface area contributed by atoms with E-state index < -0.39 is 19.0 Å². The quantitative estimate of drug-likeness (QED) is 0.244. The second kappa shape index (κ2) is 12.1. The van der Waals surface area contributed by atoms with Crippen LogP contribution in [0.5, 0.6) is 0 Å². The van der Waals surface area contributed by atoms with Gasteiger partial charge in [-0.15, -0.1) is 0 Å². The van der Waals surface area contributed by atoms with Gasteiger partial charge in [0.05, 0.1) is 26.1 Å². The normalized spacial score (nSPS) is 15.6. The van der Waals surface area contributed by atoms with Crippen molar-refractivity contribution in [1.82, 2.24) is 19.5 Å². The molecule has 0 amide bonds. The first-order valence-electron chi connectivity index (χ1n) is 11.4. The number of fused-ring (bicyclic) bond motifs is 1. The summed E-state index contributed by atoms with van der Waals surface area (Å²) in [6.07, 6.45) is 3.98. The number of halogens is 1. The van der Waals surface area contributed by atoms with Crippen molar-refractivity contribution in [3.05, 3.63) is 52.3 Å². The number of nitrogens with zero attached hydrogens (tertiary/aromatic N) is 3. The number of ether oxygens (including phenoxy) is 1. The minimum atomic E-state index is -3.73. The molecule has 0 saturated heterocycles. The SMILES string of the molecule is Nc1nc2c(ncn2CCOCP(=O)(OCCSC(=O)C2CCC2)OCc2cccc(F)c2)c(=O)[nH]1. The lowest BCUT2D eigenvalue weighted by Gasteiger charge is -2.23. The van der Waals surface area contributed by atoms with E-state index in [0.29, 0.717) is 17.0 Å². The zero-order valence-corrected chi connectivity index (χ0v) is 21.1. The molecule has 3 aromatic rings. The molecule has 4 rings (SSSR count).